The van der Waals surface area contributed by atoms with Crippen LogP contribution in [0.1, 0.15) is 13.8 Å². The number of amides is 1. The van der Waals surface area contributed by atoms with Crippen molar-refractivity contribution < 1.29 is 9.90 Å². The molecule has 0 aliphatic carbocycles. The number of thiocarbonyl (C=S) groups is 1. The average Bonchev–Trinajstić information content (AvgIpc) is 2.21. The first-order chi connectivity index (χ1) is 7.50. The van der Waals surface area contributed by atoms with Crippen LogP contribution in [0, 0.1) is 5.92 Å². The number of carbonyl (C=O) groups excluding carboxylic acids is 1. The van der Waals surface area contributed by atoms with Crippen LogP contribution in [-0.2, 0) is 4.79 Å². The molecule has 0 bridgehead atoms. The van der Waals surface area contributed by atoms with Crippen molar-refractivity contribution in [3.8, 4) is 5.75 Å². The quantitative estimate of drug-likeness (QED) is 0.677. The summed E-state index contributed by atoms with van der Waals surface area (Å²) in [4.78, 5) is 15.2. The molecule has 1 aromatic heterocycles. The van der Waals surface area contributed by atoms with Gasteiger partial charge in [-0.2, -0.15) is 0 Å². The summed E-state index contributed by atoms with van der Waals surface area (Å²) < 4.78 is 0. The molecule has 0 saturated heterocycles. The molecule has 16 heavy (non-hydrogen) atoms. The lowest BCUT2D eigenvalue weighted by molar-refractivity contribution is -0.122. The molecule has 5 nitrogen and oxygen atoms in total. The third kappa shape index (κ3) is 3.47. The molecule has 0 spiro atoms. The van der Waals surface area contributed by atoms with Crippen LogP contribution in [0.5, 0.6) is 5.75 Å². The second-order valence-corrected chi connectivity index (χ2v) is 3.88. The summed E-state index contributed by atoms with van der Waals surface area (Å²) >= 11 is 4.90. The number of nitrogens with zero attached hydrogens (tertiary/aromatic N) is 1. The first-order valence-corrected chi connectivity index (χ1v) is 5.17. The molecule has 0 radical (unpaired) electrons. The van der Waals surface area contributed by atoms with Gasteiger partial charge in [0.05, 0.1) is 0 Å². The molecule has 0 aliphatic heterocycles. The Morgan fingerprint density at radius 1 is 1.56 bits per heavy atom. The monoisotopic (exact) mass is 239 g/mol. The number of rotatable bonds is 2. The highest BCUT2D eigenvalue weighted by Crippen LogP contribution is 2.17. The molecule has 0 unspecified atom stereocenters. The molecule has 0 atom stereocenters. The van der Waals surface area contributed by atoms with E-state index in [-0.39, 0.29) is 28.5 Å². The maximum absolute atomic E-state index is 11.3. The van der Waals surface area contributed by atoms with Crippen LogP contribution >= 0.6 is 12.2 Å². The van der Waals surface area contributed by atoms with E-state index in [4.69, 9.17) is 12.2 Å². The molecular weight excluding hydrogens is 226 g/mol. The van der Waals surface area contributed by atoms with Gasteiger partial charge in [-0.15, -0.1) is 0 Å². The van der Waals surface area contributed by atoms with Gasteiger partial charge in [0.25, 0.3) is 0 Å². The van der Waals surface area contributed by atoms with Crippen LogP contribution < -0.4 is 10.6 Å². The Morgan fingerprint density at radius 2 is 2.25 bits per heavy atom. The third-order valence-corrected chi connectivity index (χ3v) is 1.98. The third-order valence-electron chi connectivity index (χ3n) is 1.78. The van der Waals surface area contributed by atoms with E-state index < -0.39 is 0 Å². The molecule has 1 aromatic rings. The maximum Gasteiger partial charge on any atom is 0.228 e. The number of anilines is 1. The van der Waals surface area contributed by atoms with Crippen molar-refractivity contribution in [1.29, 1.82) is 0 Å². The van der Waals surface area contributed by atoms with Crippen LogP contribution in [0.15, 0.2) is 18.3 Å². The molecule has 6 heteroatoms. The normalized spacial score (nSPS) is 9.94. The fourth-order valence-corrected chi connectivity index (χ4v) is 1.09. The fraction of sp³-hybridized carbons (Fsp3) is 0.300. The summed E-state index contributed by atoms with van der Waals surface area (Å²) in [5.74, 6) is -0.148. The zero-order chi connectivity index (χ0) is 12.1. The zero-order valence-corrected chi connectivity index (χ0v) is 9.84. The standard InChI is InChI=1S/C10H13N3O2S/c1-6(2)9(15)13-10(16)12-8-7(14)4-3-5-11-8/h3-6,14H,1-2H3,(H2,11,12,13,15,16). The summed E-state index contributed by atoms with van der Waals surface area (Å²) in [6, 6.07) is 3.07. The van der Waals surface area contributed by atoms with Crippen molar-refractivity contribution in [2.45, 2.75) is 13.8 Å². The Labute approximate surface area is 98.9 Å². The summed E-state index contributed by atoms with van der Waals surface area (Å²) in [5.41, 5.74) is 0. The minimum atomic E-state index is -0.187. The average molecular weight is 239 g/mol. The number of hydrogen-bond acceptors (Lipinski definition) is 4. The van der Waals surface area contributed by atoms with Gasteiger partial charge in [-0.25, -0.2) is 4.98 Å². The SMILES string of the molecule is CC(C)C(=O)NC(=S)Nc1ncccc1O. The van der Waals surface area contributed by atoms with Crippen molar-refractivity contribution >= 4 is 29.1 Å². The molecule has 0 aliphatic rings. The topological polar surface area (TPSA) is 74.2 Å². The molecule has 1 heterocycles. The second-order valence-electron chi connectivity index (χ2n) is 3.47. The van der Waals surface area contributed by atoms with Gasteiger partial charge < -0.3 is 15.7 Å². The van der Waals surface area contributed by atoms with Crippen molar-refractivity contribution in [1.82, 2.24) is 10.3 Å². The van der Waals surface area contributed by atoms with Crippen LogP contribution in [0.2, 0.25) is 0 Å². The van der Waals surface area contributed by atoms with E-state index in [0.29, 0.717) is 0 Å². The van der Waals surface area contributed by atoms with Crippen molar-refractivity contribution in [2.24, 2.45) is 5.92 Å². The number of carbonyl (C=O) groups is 1. The van der Waals surface area contributed by atoms with Gasteiger partial charge in [0.2, 0.25) is 5.91 Å². The molecular formula is C10H13N3O2S. The molecule has 1 amide bonds. The Kier molecular flexibility index (Phi) is 4.19. The van der Waals surface area contributed by atoms with Crippen LogP contribution in [0.25, 0.3) is 0 Å². The molecule has 0 fully saturated rings. The number of pyridine rings is 1. The first kappa shape index (κ1) is 12.4. The van der Waals surface area contributed by atoms with Crippen molar-refractivity contribution in [3.05, 3.63) is 18.3 Å². The minimum absolute atomic E-state index is 0.0244. The summed E-state index contributed by atoms with van der Waals surface area (Å²) in [6.07, 6.45) is 1.51. The maximum atomic E-state index is 11.3. The fourth-order valence-electron chi connectivity index (χ4n) is 0.888. The smallest absolute Gasteiger partial charge is 0.228 e. The van der Waals surface area contributed by atoms with E-state index in [1.54, 1.807) is 19.9 Å². The van der Waals surface area contributed by atoms with E-state index in [0.717, 1.165) is 0 Å². The highest BCUT2D eigenvalue weighted by molar-refractivity contribution is 7.80. The van der Waals surface area contributed by atoms with Crippen molar-refractivity contribution in [2.75, 3.05) is 5.32 Å². The van der Waals surface area contributed by atoms with Gasteiger partial charge in [0.1, 0.15) is 0 Å². The Hall–Kier alpha value is -1.69. The van der Waals surface area contributed by atoms with Gasteiger partial charge in [-0.1, -0.05) is 13.8 Å². The van der Waals surface area contributed by atoms with Gasteiger partial charge in [-0.05, 0) is 24.4 Å². The van der Waals surface area contributed by atoms with E-state index in [1.165, 1.54) is 12.3 Å². The van der Waals surface area contributed by atoms with Gasteiger partial charge in [-0.3, -0.25) is 4.79 Å². The van der Waals surface area contributed by atoms with E-state index >= 15 is 0 Å². The lowest BCUT2D eigenvalue weighted by Gasteiger charge is -2.10. The van der Waals surface area contributed by atoms with Crippen molar-refractivity contribution in [3.63, 3.8) is 0 Å². The highest BCUT2D eigenvalue weighted by Gasteiger charge is 2.10. The molecule has 0 saturated carbocycles. The molecule has 1 rings (SSSR count). The van der Waals surface area contributed by atoms with Gasteiger partial charge in [0, 0.05) is 12.1 Å². The number of aromatic hydroxyl groups is 1. The van der Waals surface area contributed by atoms with Crippen LogP contribution in [-0.4, -0.2) is 21.1 Å². The lowest BCUT2D eigenvalue weighted by atomic mass is 10.2. The van der Waals surface area contributed by atoms with Crippen LogP contribution in [0.3, 0.4) is 0 Å². The van der Waals surface area contributed by atoms with Gasteiger partial charge in [0.15, 0.2) is 16.7 Å². The molecule has 0 aromatic carbocycles. The van der Waals surface area contributed by atoms with E-state index in [1.807, 2.05) is 0 Å². The molecule has 3 N–H and O–H groups in total. The highest BCUT2D eigenvalue weighted by atomic mass is 32.1. The van der Waals surface area contributed by atoms with Gasteiger partial charge >= 0.3 is 0 Å². The summed E-state index contributed by atoms with van der Waals surface area (Å²) in [5, 5.41) is 14.6. The Balaban J connectivity index is 2.59. The summed E-state index contributed by atoms with van der Waals surface area (Å²) in [6.45, 7) is 3.52. The van der Waals surface area contributed by atoms with Crippen LogP contribution in [0.4, 0.5) is 5.82 Å². The lowest BCUT2D eigenvalue weighted by Crippen LogP contribution is -2.36. The van der Waals surface area contributed by atoms with E-state index in [9.17, 15) is 9.90 Å². The largest absolute Gasteiger partial charge is 0.504 e. The first-order valence-electron chi connectivity index (χ1n) is 4.76. The summed E-state index contributed by atoms with van der Waals surface area (Å²) in [7, 11) is 0. The predicted molar refractivity (Wildman–Crippen MR) is 65.1 cm³/mol. The Morgan fingerprint density at radius 3 is 2.81 bits per heavy atom. The Bertz CT molecular complexity index is 407. The number of nitrogens with one attached hydrogen (secondary N) is 2. The second kappa shape index (κ2) is 5.41. The number of aromatic nitrogens is 1. The minimum Gasteiger partial charge on any atom is -0.504 e. The van der Waals surface area contributed by atoms with E-state index in [2.05, 4.69) is 15.6 Å². The predicted octanol–water partition coefficient (Wildman–Crippen LogP) is 1.26. The number of hydrogen-bond donors (Lipinski definition) is 3. The zero-order valence-electron chi connectivity index (χ0n) is 9.02. The molecule has 86 valence electrons.